The molecule has 5 nitrogen and oxygen atoms in total. The molecule has 1 aromatic heterocycles. The van der Waals surface area contributed by atoms with Crippen LogP contribution in [-0.2, 0) is 6.54 Å². The topological polar surface area (TPSA) is 72.5 Å². The van der Waals surface area contributed by atoms with E-state index in [0.29, 0.717) is 24.3 Å². The van der Waals surface area contributed by atoms with E-state index >= 15 is 0 Å². The Morgan fingerprint density at radius 1 is 1.55 bits per heavy atom. The summed E-state index contributed by atoms with van der Waals surface area (Å²) in [5, 5.41) is 3.10. The maximum atomic E-state index is 5.81. The van der Waals surface area contributed by atoms with Crippen molar-refractivity contribution in [1.29, 1.82) is 0 Å². The average molecular weight is 276 g/mol. The summed E-state index contributed by atoms with van der Waals surface area (Å²) in [5.41, 5.74) is 6.86. The number of nitrogens with zero attached hydrogens (tertiary/aromatic N) is 2. The van der Waals surface area contributed by atoms with Crippen molar-refractivity contribution in [2.24, 2.45) is 22.6 Å². The van der Waals surface area contributed by atoms with Crippen molar-refractivity contribution in [1.82, 2.24) is 10.3 Å². The minimum atomic E-state index is 0.482. The van der Waals surface area contributed by atoms with E-state index in [4.69, 9.17) is 10.5 Å². The summed E-state index contributed by atoms with van der Waals surface area (Å²) in [7, 11) is 0. The fourth-order valence-electron chi connectivity index (χ4n) is 1.66. The minimum absolute atomic E-state index is 0.482. The van der Waals surface area contributed by atoms with E-state index in [1.807, 2.05) is 12.1 Å². The van der Waals surface area contributed by atoms with Crippen LogP contribution in [0.25, 0.3) is 0 Å². The van der Waals surface area contributed by atoms with E-state index in [-0.39, 0.29) is 0 Å². The fraction of sp³-hybridized carbons (Fsp3) is 0.600. The summed E-state index contributed by atoms with van der Waals surface area (Å²) in [4.78, 5) is 8.52. The Morgan fingerprint density at radius 2 is 2.35 bits per heavy atom. The molecule has 0 aliphatic heterocycles. The molecule has 0 spiro atoms. The second-order valence-electron chi connectivity index (χ2n) is 5.73. The van der Waals surface area contributed by atoms with Gasteiger partial charge in [0, 0.05) is 18.8 Å². The van der Waals surface area contributed by atoms with Crippen molar-refractivity contribution in [2.45, 2.75) is 33.2 Å². The van der Waals surface area contributed by atoms with E-state index in [1.54, 1.807) is 6.20 Å². The molecule has 0 radical (unpaired) electrons. The van der Waals surface area contributed by atoms with E-state index in [1.165, 1.54) is 12.8 Å². The van der Waals surface area contributed by atoms with Gasteiger partial charge in [0.15, 0.2) is 5.96 Å². The first-order valence-electron chi connectivity index (χ1n) is 7.25. The van der Waals surface area contributed by atoms with E-state index in [0.717, 1.165) is 24.6 Å². The van der Waals surface area contributed by atoms with Crippen molar-refractivity contribution in [2.75, 3.05) is 13.2 Å². The molecule has 1 fully saturated rings. The Kier molecular flexibility index (Phi) is 5.21. The number of pyridine rings is 1. The van der Waals surface area contributed by atoms with Crippen LogP contribution in [-0.4, -0.2) is 24.1 Å². The number of aliphatic imine (C=N–C) groups is 1. The highest BCUT2D eigenvalue weighted by molar-refractivity contribution is 5.77. The zero-order valence-electron chi connectivity index (χ0n) is 12.3. The number of nitrogens with two attached hydrogens (primary N) is 1. The van der Waals surface area contributed by atoms with Gasteiger partial charge < -0.3 is 15.8 Å². The number of hydrogen-bond acceptors (Lipinski definition) is 3. The van der Waals surface area contributed by atoms with Gasteiger partial charge in [0.2, 0.25) is 5.88 Å². The summed E-state index contributed by atoms with van der Waals surface area (Å²) in [6, 6.07) is 3.87. The molecule has 1 heterocycles. The first-order valence-corrected chi connectivity index (χ1v) is 7.25. The molecule has 1 aliphatic carbocycles. The lowest BCUT2D eigenvalue weighted by Crippen LogP contribution is -2.34. The summed E-state index contributed by atoms with van der Waals surface area (Å²) in [6.45, 7) is 6.41. The maximum Gasteiger partial charge on any atom is 0.213 e. The first kappa shape index (κ1) is 14.6. The lowest BCUT2D eigenvalue weighted by atomic mass is 10.2. The molecule has 0 amide bonds. The van der Waals surface area contributed by atoms with Crippen LogP contribution in [0.2, 0.25) is 0 Å². The normalized spacial score (nSPS) is 15.4. The van der Waals surface area contributed by atoms with E-state index in [2.05, 4.69) is 29.1 Å². The number of ether oxygens (including phenoxy) is 1. The molecule has 1 saturated carbocycles. The number of guanidine groups is 1. The molecule has 0 bridgehead atoms. The van der Waals surface area contributed by atoms with Gasteiger partial charge in [-0.25, -0.2) is 9.98 Å². The Labute approximate surface area is 120 Å². The molecule has 0 unspecified atom stereocenters. The summed E-state index contributed by atoms with van der Waals surface area (Å²) >= 11 is 0. The molecule has 0 saturated heterocycles. The number of rotatable bonds is 7. The minimum Gasteiger partial charge on any atom is -0.477 e. The molecule has 2 rings (SSSR count). The van der Waals surface area contributed by atoms with Gasteiger partial charge >= 0.3 is 0 Å². The monoisotopic (exact) mass is 276 g/mol. The molecular formula is C15H24N4O. The Bertz CT molecular complexity index is 455. The summed E-state index contributed by atoms with van der Waals surface area (Å²) in [6.07, 6.45) is 4.31. The molecule has 20 heavy (non-hydrogen) atoms. The van der Waals surface area contributed by atoms with Gasteiger partial charge in [-0.1, -0.05) is 13.8 Å². The van der Waals surface area contributed by atoms with Crippen LogP contribution in [0.3, 0.4) is 0 Å². The van der Waals surface area contributed by atoms with Crippen molar-refractivity contribution in [3.8, 4) is 5.88 Å². The first-order chi connectivity index (χ1) is 9.63. The van der Waals surface area contributed by atoms with Crippen molar-refractivity contribution >= 4 is 5.96 Å². The van der Waals surface area contributed by atoms with Crippen LogP contribution in [0, 0.1) is 11.8 Å². The lowest BCUT2D eigenvalue weighted by Gasteiger charge is -2.08. The second-order valence-corrected chi connectivity index (χ2v) is 5.73. The third-order valence-corrected chi connectivity index (χ3v) is 3.09. The van der Waals surface area contributed by atoms with Crippen molar-refractivity contribution in [3.63, 3.8) is 0 Å². The standard InChI is InChI=1S/C15H24N4O/c1-11(2)8-18-15(16)19-9-13-5-6-17-14(7-13)20-10-12-3-4-12/h5-7,11-12H,3-4,8-10H2,1-2H3,(H3,16,18,19). The summed E-state index contributed by atoms with van der Waals surface area (Å²) < 4.78 is 5.65. The van der Waals surface area contributed by atoms with Crippen molar-refractivity contribution in [3.05, 3.63) is 23.9 Å². The van der Waals surface area contributed by atoms with Crippen LogP contribution in [0.15, 0.2) is 23.3 Å². The predicted octanol–water partition coefficient (Wildman–Crippen LogP) is 1.93. The molecule has 110 valence electrons. The van der Waals surface area contributed by atoms with Gasteiger partial charge in [-0.15, -0.1) is 0 Å². The molecule has 0 atom stereocenters. The highest BCUT2D eigenvalue weighted by atomic mass is 16.5. The van der Waals surface area contributed by atoms with Gasteiger partial charge in [0.1, 0.15) is 0 Å². The lowest BCUT2D eigenvalue weighted by molar-refractivity contribution is 0.288. The Balaban J connectivity index is 1.81. The second kappa shape index (κ2) is 7.12. The molecule has 3 N–H and O–H groups in total. The molecule has 1 aliphatic rings. The third-order valence-electron chi connectivity index (χ3n) is 3.09. The number of nitrogens with one attached hydrogen (secondary N) is 1. The quantitative estimate of drug-likeness (QED) is 0.589. The smallest absolute Gasteiger partial charge is 0.213 e. The molecule has 1 aromatic rings. The van der Waals surface area contributed by atoms with Gasteiger partial charge in [-0.05, 0) is 36.3 Å². The highest BCUT2D eigenvalue weighted by Crippen LogP contribution is 2.29. The Hall–Kier alpha value is -1.78. The average Bonchev–Trinajstić information content (AvgIpc) is 3.25. The number of hydrogen-bond donors (Lipinski definition) is 2. The fourth-order valence-corrected chi connectivity index (χ4v) is 1.66. The third kappa shape index (κ3) is 5.47. The van der Waals surface area contributed by atoms with Crippen molar-refractivity contribution < 1.29 is 4.74 Å². The van der Waals surface area contributed by atoms with Crippen LogP contribution >= 0.6 is 0 Å². The predicted molar refractivity (Wildman–Crippen MR) is 80.6 cm³/mol. The zero-order valence-corrected chi connectivity index (χ0v) is 12.3. The van der Waals surface area contributed by atoms with Gasteiger partial charge in [0.25, 0.3) is 0 Å². The zero-order chi connectivity index (χ0) is 14.4. The Morgan fingerprint density at radius 3 is 3.05 bits per heavy atom. The van der Waals surface area contributed by atoms with Crippen LogP contribution in [0.4, 0.5) is 0 Å². The summed E-state index contributed by atoms with van der Waals surface area (Å²) in [5.74, 6) is 2.44. The van der Waals surface area contributed by atoms with Gasteiger partial charge in [-0.3, -0.25) is 0 Å². The largest absolute Gasteiger partial charge is 0.477 e. The van der Waals surface area contributed by atoms with Crippen LogP contribution in [0.1, 0.15) is 32.3 Å². The highest BCUT2D eigenvalue weighted by Gasteiger charge is 2.22. The maximum absolute atomic E-state index is 5.81. The van der Waals surface area contributed by atoms with Crippen LogP contribution in [0.5, 0.6) is 5.88 Å². The molecule has 0 aromatic carbocycles. The van der Waals surface area contributed by atoms with E-state index in [9.17, 15) is 0 Å². The SMILES string of the molecule is CC(C)CNC(N)=NCc1ccnc(OCC2CC2)c1. The van der Waals surface area contributed by atoms with E-state index < -0.39 is 0 Å². The molecular weight excluding hydrogens is 252 g/mol. The molecule has 5 heteroatoms. The van der Waals surface area contributed by atoms with Gasteiger partial charge in [0.05, 0.1) is 13.2 Å². The number of aromatic nitrogens is 1. The van der Waals surface area contributed by atoms with Gasteiger partial charge in [-0.2, -0.15) is 0 Å². The van der Waals surface area contributed by atoms with Crippen LogP contribution < -0.4 is 15.8 Å².